The van der Waals surface area contributed by atoms with Crippen LogP contribution in [0, 0.1) is 19.8 Å². The van der Waals surface area contributed by atoms with E-state index in [4.69, 9.17) is 0 Å². The third-order valence-electron chi connectivity index (χ3n) is 2.84. The summed E-state index contributed by atoms with van der Waals surface area (Å²) < 4.78 is 0. The number of rotatable bonds is 5. The van der Waals surface area contributed by atoms with Crippen LogP contribution in [0.2, 0.25) is 0 Å². The Morgan fingerprint density at radius 3 is 2.53 bits per heavy atom. The summed E-state index contributed by atoms with van der Waals surface area (Å²) in [6.45, 7) is 7.96. The van der Waals surface area contributed by atoms with Gasteiger partial charge in [-0.2, -0.15) is 0 Å². The van der Waals surface area contributed by atoms with E-state index in [1.807, 2.05) is 45.9 Å². The number of anilines is 1. The Labute approximate surface area is 114 Å². The van der Waals surface area contributed by atoms with Gasteiger partial charge in [-0.25, -0.2) is 0 Å². The van der Waals surface area contributed by atoms with Gasteiger partial charge in [0.1, 0.15) is 0 Å². The number of benzene rings is 1. The van der Waals surface area contributed by atoms with Crippen LogP contribution >= 0.6 is 0 Å². The molecule has 0 aliphatic rings. The fraction of sp³-hybridized carbons (Fsp3) is 0.467. The van der Waals surface area contributed by atoms with Crippen molar-refractivity contribution in [2.75, 3.05) is 11.9 Å². The zero-order valence-electron chi connectivity index (χ0n) is 12.0. The lowest BCUT2D eigenvalue weighted by molar-refractivity contribution is -0.124. The average molecular weight is 262 g/mol. The van der Waals surface area contributed by atoms with E-state index < -0.39 is 0 Å². The van der Waals surface area contributed by atoms with E-state index in [0.29, 0.717) is 6.54 Å². The second kappa shape index (κ2) is 6.92. The lowest BCUT2D eigenvalue weighted by Gasteiger charge is -2.10. The summed E-state index contributed by atoms with van der Waals surface area (Å²) >= 11 is 0. The van der Waals surface area contributed by atoms with E-state index in [0.717, 1.165) is 16.8 Å². The fourth-order valence-corrected chi connectivity index (χ4v) is 1.59. The minimum Gasteiger partial charge on any atom is -0.355 e. The summed E-state index contributed by atoms with van der Waals surface area (Å²) in [6, 6.07) is 5.93. The normalized spacial score (nSPS) is 10.4. The molecule has 1 aromatic carbocycles. The van der Waals surface area contributed by atoms with Crippen LogP contribution in [-0.4, -0.2) is 18.4 Å². The van der Waals surface area contributed by atoms with Gasteiger partial charge in [0, 0.05) is 24.6 Å². The van der Waals surface area contributed by atoms with Crippen molar-refractivity contribution < 1.29 is 9.59 Å². The van der Waals surface area contributed by atoms with Gasteiger partial charge in [-0.1, -0.05) is 26.0 Å². The number of aryl methyl sites for hydroxylation is 2. The summed E-state index contributed by atoms with van der Waals surface area (Å²) in [5, 5.41) is 5.59. The number of nitrogens with one attached hydrogen (secondary N) is 2. The Morgan fingerprint density at radius 2 is 1.89 bits per heavy atom. The molecule has 104 valence electrons. The van der Waals surface area contributed by atoms with Gasteiger partial charge in [-0.05, 0) is 31.0 Å². The summed E-state index contributed by atoms with van der Waals surface area (Å²) in [5.41, 5.74) is 2.97. The Kier molecular flexibility index (Phi) is 5.55. The number of carbonyl (C=O) groups excluding carboxylic acids is 2. The maximum Gasteiger partial charge on any atom is 0.226 e. The molecule has 1 aromatic rings. The highest BCUT2D eigenvalue weighted by molar-refractivity contribution is 5.92. The smallest absolute Gasteiger partial charge is 0.226 e. The molecule has 2 N–H and O–H groups in total. The molecule has 0 atom stereocenters. The van der Waals surface area contributed by atoms with Gasteiger partial charge >= 0.3 is 0 Å². The van der Waals surface area contributed by atoms with E-state index >= 15 is 0 Å². The summed E-state index contributed by atoms with van der Waals surface area (Å²) in [7, 11) is 0. The minimum absolute atomic E-state index is 0.0282. The van der Waals surface area contributed by atoms with E-state index in [1.54, 1.807) is 0 Å². The van der Waals surface area contributed by atoms with Crippen molar-refractivity contribution in [2.24, 2.45) is 5.92 Å². The molecule has 1 rings (SSSR count). The molecule has 19 heavy (non-hydrogen) atoms. The Balaban J connectivity index is 2.43. The van der Waals surface area contributed by atoms with Gasteiger partial charge in [-0.15, -0.1) is 0 Å². The zero-order valence-corrected chi connectivity index (χ0v) is 12.0. The first-order chi connectivity index (χ1) is 8.90. The number of hydrogen-bond donors (Lipinski definition) is 2. The second-order valence-electron chi connectivity index (χ2n) is 5.06. The molecule has 4 nitrogen and oxygen atoms in total. The van der Waals surface area contributed by atoms with Gasteiger partial charge in [0.15, 0.2) is 0 Å². The van der Waals surface area contributed by atoms with Crippen LogP contribution < -0.4 is 10.6 Å². The molecular formula is C15H22N2O2. The van der Waals surface area contributed by atoms with E-state index in [2.05, 4.69) is 10.6 Å². The van der Waals surface area contributed by atoms with Crippen LogP contribution in [0.5, 0.6) is 0 Å². The van der Waals surface area contributed by atoms with Crippen molar-refractivity contribution in [3.05, 3.63) is 29.3 Å². The second-order valence-corrected chi connectivity index (χ2v) is 5.06. The van der Waals surface area contributed by atoms with Gasteiger partial charge < -0.3 is 10.6 Å². The van der Waals surface area contributed by atoms with Gasteiger partial charge in [0.05, 0.1) is 0 Å². The van der Waals surface area contributed by atoms with Crippen LogP contribution in [0.1, 0.15) is 31.4 Å². The van der Waals surface area contributed by atoms with E-state index in [1.165, 1.54) is 0 Å². The van der Waals surface area contributed by atoms with Crippen molar-refractivity contribution >= 4 is 17.5 Å². The van der Waals surface area contributed by atoms with Crippen molar-refractivity contribution in [1.29, 1.82) is 0 Å². The molecule has 0 fully saturated rings. The molecule has 0 aromatic heterocycles. The standard InChI is InChI=1S/C15H22N2O2/c1-10(2)15(19)16-8-7-14(18)17-13-9-11(3)5-6-12(13)4/h5-6,9-10H,7-8H2,1-4H3,(H,16,19)(H,17,18). The average Bonchev–Trinajstić information content (AvgIpc) is 2.33. The molecule has 0 heterocycles. The topological polar surface area (TPSA) is 58.2 Å². The monoisotopic (exact) mass is 262 g/mol. The van der Waals surface area contributed by atoms with Crippen LogP contribution in [0.3, 0.4) is 0 Å². The van der Waals surface area contributed by atoms with Crippen LogP contribution in [0.15, 0.2) is 18.2 Å². The quantitative estimate of drug-likeness (QED) is 0.856. The SMILES string of the molecule is Cc1ccc(C)c(NC(=O)CCNC(=O)C(C)C)c1. The molecule has 0 saturated carbocycles. The van der Waals surface area contributed by atoms with Crippen LogP contribution in [0.25, 0.3) is 0 Å². The lowest BCUT2D eigenvalue weighted by Crippen LogP contribution is -2.30. The van der Waals surface area contributed by atoms with Crippen molar-refractivity contribution in [3.8, 4) is 0 Å². The summed E-state index contributed by atoms with van der Waals surface area (Å²) in [6.07, 6.45) is 0.284. The first-order valence-corrected chi connectivity index (χ1v) is 6.55. The molecule has 2 amide bonds. The first kappa shape index (κ1) is 15.2. The third kappa shape index (κ3) is 5.12. The Morgan fingerprint density at radius 1 is 1.21 bits per heavy atom. The summed E-state index contributed by atoms with van der Waals surface area (Å²) in [4.78, 5) is 23.1. The molecule has 0 unspecified atom stereocenters. The van der Waals surface area contributed by atoms with Crippen molar-refractivity contribution in [3.63, 3.8) is 0 Å². The van der Waals surface area contributed by atoms with Gasteiger partial charge in [0.25, 0.3) is 0 Å². The third-order valence-corrected chi connectivity index (χ3v) is 2.84. The van der Waals surface area contributed by atoms with Gasteiger partial charge in [0.2, 0.25) is 11.8 Å². The highest BCUT2D eigenvalue weighted by atomic mass is 16.2. The maximum atomic E-state index is 11.8. The number of hydrogen-bond acceptors (Lipinski definition) is 2. The Bertz CT molecular complexity index is 467. The van der Waals surface area contributed by atoms with Crippen molar-refractivity contribution in [2.45, 2.75) is 34.1 Å². The predicted molar refractivity (Wildman–Crippen MR) is 77.0 cm³/mol. The van der Waals surface area contributed by atoms with E-state index in [-0.39, 0.29) is 24.2 Å². The summed E-state index contributed by atoms with van der Waals surface area (Å²) in [5.74, 6) is -0.167. The molecule has 0 aliphatic carbocycles. The van der Waals surface area contributed by atoms with Crippen LogP contribution in [-0.2, 0) is 9.59 Å². The highest BCUT2D eigenvalue weighted by Crippen LogP contribution is 2.16. The van der Waals surface area contributed by atoms with E-state index in [9.17, 15) is 9.59 Å². The molecule has 0 bridgehead atoms. The molecule has 0 radical (unpaired) electrons. The first-order valence-electron chi connectivity index (χ1n) is 6.55. The van der Waals surface area contributed by atoms with Crippen LogP contribution in [0.4, 0.5) is 5.69 Å². The van der Waals surface area contributed by atoms with Crippen molar-refractivity contribution in [1.82, 2.24) is 5.32 Å². The largest absolute Gasteiger partial charge is 0.355 e. The number of carbonyl (C=O) groups is 2. The highest BCUT2D eigenvalue weighted by Gasteiger charge is 2.08. The molecule has 0 saturated heterocycles. The minimum atomic E-state index is -0.0854. The lowest BCUT2D eigenvalue weighted by atomic mass is 10.1. The molecule has 4 heteroatoms. The molecule has 0 spiro atoms. The fourth-order valence-electron chi connectivity index (χ4n) is 1.59. The molecular weight excluding hydrogens is 240 g/mol. The predicted octanol–water partition coefficient (Wildman–Crippen LogP) is 2.40. The Hall–Kier alpha value is -1.84. The zero-order chi connectivity index (χ0) is 14.4. The maximum absolute atomic E-state index is 11.8. The van der Waals surface area contributed by atoms with Gasteiger partial charge in [-0.3, -0.25) is 9.59 Å². The molecule has 0 aliphatic heterocycles. The number of amides is 2.